The number of ether oxygens (including phenoxy) is 2. The van der Waals surface area contributed by atoms with E-state index in [4.69, 9.17) is 9.47 Å². The van der Waals surface area contributed by atoms with E-state index >= 15 is 0 Å². The van der Waals surface area contributed by atoms with Crippen LogP contribution in [-0.4, -0.2) is 25.2 Å². The number of benzene rings is 2. The van der Waals surface area contributed by atoms with E-state index in [1.54, 1.807) is 44.6 Å². The molecule has 120 valence electrons. The van der Waals surface area contributed by atoms with Crippen LogP contribution in [-0.2, 0) is 4.79 Å². The predicted octanol–water partition coefficient (Wildman–Crippen LogP) is 3.15. The average Bonchev–Trinajstić information content (AvgIpc) is 3.36. The van der Waals surface area contributed by atoms with Crippen molar-refractivity contribution in [2.24, 2.45) is 5.92 Å². The van der Waals surface area contributed by atoms with E-state index in [1.165, 1.54) is 0 Å². The molecule has 0 heterocycles. The molecule has 2 atom stereocenters. The number of hydrogen-bond acceptors (Lipinski definition) is 4. The molecule has 2 aromatic carbocycles. The lowest BCUT2D eigenvalue weighted by Crippen LogP contribution is -2.15. The highest BCUT2D eigenvalue weighted by molar-refractivity contribution is 5.96. The molecule has 0 bridgehead atoms. The van der Waals surface area contributed by atoms with Gasteiger partial charge in [-0.3, -0.25) is 4.79 Å². The van der Waals surface area contributed by atoms with Crippen molar-refractivity contribution >= 4 is 11.6 Å². The highest BCUT2D eigenvalue weighted by Gasteiger charge is 2.44. The second-order valence-electron chi connectivity index (χ2n) is 5.60. The molecule has 0 radical (unpaired) electrons. The summed E-state index contributed by atoms with van der Waals surface area (Å²) in [5, 5.41) is 12.2. The quantitative estimate of drug-likeness (QED) is 0.890. The van der Waals surface area contributed by atoms with E-state index in [0.717, 1.165) is 12.0 Å². The Kier molecular flexibility index (Phi) is 4.10. The van der Waals surface area contributed by atoms with Gasteiger partial charge >= 0.3 is 0 Å². The van der Waals surface area contributed by atoms with Crippen molar-refractivity contribution in [3.8, 4) is 17.2 Å². The highest BCUT2D eigenvalue weighted by Crippen LogP contribution is 2.48. The Balaban J connectivity index is 1.70. The Labute approximate surface area is 134 Å². The maximum Gasteiger partial charge on any atom is 0.228 e. The lowest BCUT2D eigenvalue weighted by Gasteiger charge is -2.11. The van der Waals surface area contributed by atoms with Gasteiger partial charge in [0.25, 0.3) is 0 Å². The van der Waals surface area contributed by atoms with E-state index in [0.29, 0.717) is 17.2 Å². The Morgan fingerprint density at radius 1 is 1.13 bits per heavy atom. The fourth-order valence-corrected chi connectivity index (χ4v) is 2.71. The van der Waals surface area contributed by atoms with E-state index < -0.39 is 0 Å². The summed E-state index contributed by atoms with van der Waals surface area (Å²) in [6.07, 6.45) is 0.808. The van der Waals surface area contributed by atoms with Gasteiger partial charge in [-0.25, -0.2) is 0 Å². The molecule has 1 fully saturated rings. The van der Waals surface area contributed by atoms with Crippen LogP contribution in [0.15, 0.2) is 42.5 Å². The van der Waals surface area contributed by atoms with Gasteiger partial charge in [-0.1, -0.05) is 12.1 Å². The van der Waals surface area contributed by atoms with Crippen LogP contribution < -0.4 is 14.8 Å². The van der Waals surface area contributed by atoms with Crippen LogP contribution in [0.5, 0.6) is 17.2 Å². The number of methoxy groups -OCH3 is 2. The van der Waals surface area contributed by atoms with Gasteiger partial charge in [0.15, 0.2) is 0 Å². The van der Waals surface area contributed by atoms with Crippen molar-refractivity contribution in [2.45, 2.75) is 12.3 Å². The van der Waals surface area contributed by atoms with Crippen LogP contribution in [0, 0.1) is 5.92 Å². The predicted molar refractivity (Wildman–Crippen MR) is 87.1 cm³/mol. The van der Waals surface area contributed by atoms with E-state index in [9.17, 15) is 9.90 Å². The molecule has 23 heavy (non-hydrogen) atoms. The third-order valence-corrected chi connectivity index (χ3v) is 4.11. The molecule has 0 spiro atoms. The third-order valence-electron chi connectivity index (χ3n) is 4.11. The van der Waals surface area contributed by atoms with E-state index in [1.807, 2.05) is 12.1 Å². The molecule has 5 heteroatoms. The van der Waals surface area contributed by atoms with Gasteiger partial charge in [-0.2, -0.15) is 0 Å². The molecule has 3 rings (SSSR count). The molecule has 1 aliphatic rings. The van der Waals surface area contributed by atoms with Crippen molar-refractivity contribution in [3.63, 3.8) is 0 Å². The second-order valence-corrected chi connectivity index (χ2v) is 5.60. The normalized spacial score (nSPS) is 19.0. The van der Waals surface area contributed by atoms with Crippen LogP contribution in [0.25, 0.3) is 0 Å². The Hall–Kier alpha value is -2.69. The number of amides is 1. The molecule has 0 aliphatic heterocycles. The zero-order chi connectivity index (χ0) is 16.4. The fraction of sp³-hybridized carbons (Fsp3) is 0.278. The number of rotatable bonds is 5. The van der Waals surface area contributed by atoms with Gasteiger partial charge in [-0.15, -0.1) is 0 Å². The van der Waals surface area contributed by atoms with E-state index in [2.05, 4.69) is 5.32 Å². The Morgan fingerprint density at radius 3 is 2.52 bits per heavy atom. The monoisotopic (exact) mass is 313 g/mol. The first-order chi connectivity index (χ1) is 11.1. The van der Waals surface area contributed by atoms with Crippen molar-refractivity contribution in [1.29, 1.82) is 0 Å². The molecule has 5 nitrogen and oxygen atoms in total. The maximum atomic E-state index is 12.4. The minimum absolute atomic E-state index is 0.0328. The first-order valence-corrected chi connectivity index (χ1v) is 7.44. The van der Waals surface area contributed by atoms with Gasteiger partial charge in [-0.05, 0) is 42.2 Å². The van der Waals surface area contributed by atoms with Gasteiger partial charge < -0.3 is 19.9 Å². The molecule has 1 aliphatic carbocycles. The highest BCUT2D eigenvalue weighted by atomic mass is 16.5. The van der Waals surface area contributed by atoms with Crippen LogP contribution in [0.3, 0.4) is 0 Å². The topological polar surface area (TPSA) is 67.8 Å². The summed E-state index contributed by atoms with van der Waals surface area (Å²) in [6.45, 7) is 0. The molecule has 1 saturated carbocycles. The van der Waals surface area contributed by atoms with Crippen LogP contribution in [0.1, 0.15) is 17.9 Å². The lowest BCUT2D eigenvalue weighted by molar-refractivity contribution is -0.117. The number of aromatic hydroxyl groups is 1. The van der Waals surface area contributed by atoms with Gasteiger partial charge in [0.05, 0.1) is 19.9 Å². The van der Waals surface area contributed by atoms with Gasteiger partial charge in [0.1, 0.15) is 17.2 Å². The summed E-state index contributed by atoms with van der Waals surface area (Å²) in [5.41, 5.74) is 1.67. The smallest absolute Gasteiger partial charge is 0.228 e. The zero-order valence-electron chi connectivity index (χ0n) is 13.1. The first-order valence-electron chi connectivity index (χ1n) is 7.44. The van der Waals surface area contributed by atoms with Crippen LogP contribution in [0.2, 0.25) is 0 Å². The molecular formula is C18H19NO4. The SMILES string of the molecule is COc1ccc(OC)c(NC(=O)C2CC2c2ccc(O)cc2)c1. The average molecular weight is 313 g/mol. The van der Waals surface area contributed by atoms with Crippen molar-refractivity contribution in [2.75, 3.05) is 19.5 Å². The summed E-state index contributed by atoms with van der Waals surface area (Å²) in [7, 11) is 3.14. The number of anilines is 1. The fourth-order valence-electron chi connectivity index (χ4n) is 2.71. The summed E-state index contributed by atoms with van der Waals surface area (Å²) in [6, 6.07) is 12.3. The van der Waals surface area contributed by atoms with Crippen molar-refractivity contribution in [1.82, 2.24) is 0 Å². The van der Waals surface area contributed by atoms with Crippen molar-refractivity contribution in [3.05, 3.63) is 48.0 Å². The first kappa shape index (κ1) is 15.2. The van der Waals surface area contributed by atoms with Crippen LogP contribution in [0.4, 0.5) is 5.69 Å². The zero-order valence-corrected chi connectivity index (χ0v) is 13.1. The number of carbonyl (C=O) groups is 1. The van der Waals surface area contributed by atoms with Crippen molar-refractivity contribution < 1.29 is 19.4 Å². The van der Waals surface area contributed by atoms with Gasteiger partial charge in [0.2, 0.25) is 5.91 Å². The van der Waals surface area contributed by atoms with Gasteiger partial charge in [0, 0.05) is 12.0 Å². The lowest BCUT2D eigenvalue weighted by atomic mass is 10.1. The molecule has 2 aromatic rings. The minimum atomic E-state index is -0.0598. The molecule has 2 unspecified atom stereocenters. The second kappa shape index (κ2) is 6.20. The Bertz CT molecular complexity index is 711. The summed E-state index contributed by atoms with van der Waals surface area (Å²) >= 11 is 0. The number of phenols is 1. The molecule has 0 saturated heterocycles. The standard InChI is InChI=1S/C18H19NO4/c1-22-13-7-8-17(23-2)16(9-13)19-18(21)15-10-14(15)11-3-5-12(20)6-4-11/h3-9,14-15,20H,10H2,1-2H3,(H,19,21). The molecule has 2 N–H and O–H groups in total. The van der Waals surface area contributed by atoms with E-state index in [-0.39, 0.29) is 23.5 Å². The summed E-state index contributed by atoms with van der Waals surface area (Å²) < 4.78 is 10.5. The number of phenolic OH excluding ortho intramolecular Hbond substituents is 1. The number of hydrogen-bond donors (Lipinski definition) is 2. The Morgan fingerprint density at radius 2 is 1.87 bits per heavy atom. The summed E-state index contributed by atoms with van der Waals surface area (Å²) in [5.74, 6) is 1.60. The van der Waals surface area contributed by atoms with Crippen LogP contribution >= 0.6 is 0 Å². The molecule has 0 aromatic heterocycles. The molecule has 1 amide bonds. The number of carbonyl (C=O) groups excluding carboxylic acids is 1. The molecular weight excluding hydrogens is 294 g/mol. The third kappa shape index (κ3) is 3.23. The summed E-state index contributed by atoms with van der Waals surface area (Å²) in [4.78, 5) is 12.4. The largest absolute Gasteiger partial charge is 0.508 e. The number of nitrogens with one attached hydrogen (secondary N) is 1. The minimum Gasteiger partial charge on any atom is -0.508 e. The maximum absolute atomic E-state index is 12.4.